The largest absolute Gasteiger partial charge is 0.467 e. The lowest BCUT2D eigenvalue weighted by Gasteiger charge is -2.18. The number of carbonyl (C=O) groups excluding carboxylic acids is 2. The first kappa shape index (κ1) is 18.6. The quantitative estimate of drug-likeness (QED) is 0.619. The van der Waals surface area contributed by atoms with Crippen molar-refractivity contribution in [3.63, 3.8) is 0 Å². The van der Waals surface area contributed by atoms with Crippen molar-refractivity contribution in [1.82, 2.24) is 5.32 Å². The Kier molecular flexibility index (Phi) is 7.45. The number of hydrogen-bond donors (Lipinski definition) is 1. The zero-order valence-corrected chi connectivity index (χ0v) is 14.8. The lowest BCUT2D eigenvalue weighted by molar-refractivity contribution is -0.145. The highest BCUT2D eigenvalue weighted by atomic mass is 32.2. The van der Waals surface area contributed by atoms with Gasteiger partial charge in [0.1, 0.15) is 6.04 Å². The van der Waals surface area contributed by atoms with E-state index < -0.39 is 12.0 Å². The molecule has 22 heavy (non-hydrogen) atoms. The Morgan fingerprint density at radius 2 is 1.91 bits per heavy atom. The standard InChI is InChI=1S/C17H25NO3S/c1-11(2)8-15(17(20)21-5)18-16(19)10-22-14-7-6-12(3)13(4)9-14/h6-7,9,11,15H,8,10H2,1-5H3,(H,18,19)/t15-/m1/s1. The van der Waals surface area contributed by atoms with Crippen LogP contribution in [0.2, 0.25) is 0 Å². The van der Waals surface area contributed by atoms with Crippen LogP contribution in [0.1, 0.15) is 31.4 Å². The number of hydrogen-bond acceptors (Lipinski definition) is 4. The van der Waals surface area contributed by atoms with Crippen LogP contribution in [0, 0.1) is 19.8 Å². The van der Waals surface area contributed by atoms with E-state index >= 15 is 0 Å². The minimum absolute atomic E-state index is 0.153. The molecular weight excluding hydrogens is 298 g/mol. The minimum Gasteiger partial charge on any atom is -0.467 e. The van der Waals surface area contributed by atoms with Crippen molar-refractivity contribution in [2.24, 2.45) is 5.92 Å². The van der Waals surface area contributed by atoms with Crippen LogP contribution in [0.25, 0.3) is 0 Å². The summed E-state index contributed by atoms with van der Waals surface area (Å²) in [6.07, 6.45) is 0.576. The Morgan fingerprint density at radius 3 is 2.45 bits per heavy atom. The maximum Gasteiger partial charge on any atom is 0.328 e. The maximum absolute atomic E-state index is 12.0. The number of aryl methyl sites for hydroxylation is 2. The summed E-state index contributed by atoms with van der Waals surface area (Å²) in [5.74, 6) is 0.0444. The van der Waals surface area contributed by atoms with Crippen LogP contribution in [0.5, 0.6) is 0 Å². The van der Waals surface area contributed by atoms with Crippen LogP contribution in [-0.2, 0) is 14.3 Å². The van der Waals surface area contributed by atoms with Gasteiger partial charge in [-0.1, -0.05) is 19.9 Å². The van der Waals surface area contributed by atoms with Crippen molar-refractivity contribution in [2.75, 3.05) is 12.9 Å². The number of esters is 1. The van der Waals surface area contributed by atoms with Gasteiger partial charge in [0.15, 0.2) is 0 Å². The van der Waals surface area contributed by atoms with Crippen LogP contribution in [0.15, 0.2) is 23.1 Å². The van der Waals surface area contributed by atoms with E-state index in [2.05, 4.69) is 25.2 Å². The average Bonchev–Trinajstić information content (AvgIpc) is 2.46. The van der Waals surface area contributed by atoms with Gasteiger partial charge in [-0.2, -0.15) is 0 Å². The molecule has 0 heterocycles. The summed E-state index contributed by atoms with van der Waals surface area (Å²) in [6, 6.07) is 5.55. The lowest BCUT2D eigenvalue weighted by Crippen LogP contribution is -2.43. The monoisotopic (exact) mass is 323 g/mol. The summed E-state index contributed by atoms with van der Waals surface area (Å²) in [7, 11) is 1.34. The predicted octanol–water partition coefficient (Wildman–Crippen LogP) is 3.10. The number of rotatable bonds is 7. The number of nitrogens with one attached hydrogen (secondary N) is 1. The number of methoxy groups -OCH3 is 1. The molecule has 0 aliphatic rings. The van der Waals surface area contributed by atoms with E-state index in [1.165, 1.54) is 30.0 Å². The van der Waals surface area contributed by atoms with Gasteiger partial charge in [0.2, 0.25) is 5.91 Å². The molecule has 122 valence electrons. The summed E-state index contributed by atoms with van der Waals surface area (Å²) in [5, 5.41) is 2.76. The molecule has 0 bridgehead atoms. The van der Waals surface area contributed by atoms with Gasteiger partial charge in [-0.25, -0.2) is 4.79 Å². The number of thioether (sulfide) groups is 1. The molecule has 0 radical (unpaired) electrons. The predicted molar refractivity (Wildman–Crippen MR) is 90.0 cm³/mol. The molecular formula is C17H25NO3S. The first-order chi connectivity index (χ1) is 10.3. The zero-order valence-electron chi connectivity index (χ0n) is 13.9. The summed E-state index contributed by atoms with van der Waals surface area (Å²) in [6.45, 7) is 8.12. The molecule has 0 aliphatic heterocycles. The second kappa shape index (κ2) is 8.83. The molecule has 1 rings (SSSR count). The zero-order chi connectivity index (χ0) is 16.7. The highest BCUT2D eigenvalue weighted by Crippen LogP contribution is 2.21. The minimum atomic E-state index is -0.571. The molecule has 1 amide bonds. The molecule has 1 N–H and O–H groups in total. The van der Waals surface area contributed by atoms with E-state index in [9.17, 15) is 9.59 Å². The molecule has 1 atom stereocenters. The van der Waals surface area contributed by atoms with Crippen molar-refractivity contribution >= 4 is 23.6 Å². The van der Waals surface area contributed by atoms with Crippen LogP contribution in [0.4, 0.5) is 0 Å². The number of ether oxygens (including phenoxy) is 1. The summed E-state index contributed by atoms with van der Waals surface area (Å²) in [5.41, 5.74) is 2.44. The van der Waals surface area contributed by atoms with E-state index in [0.717, 1.165) is 4.90 Å². The van der Waals surface area contributed by atoms with Crippen LogP contribution >= 0.6 is 11.8 Å². The van der Waals surface area contributed by atoms with Gasteiger partial charge in [-0.3, -0.25) is 4.79 Å². The van der Waals surface area contributed by atoms with E-state index in [0.29, 0.717) is 12.3 Å². The van der Waals surface area contributed by atoms with Gasteiger partial charge in [0.05, 0.1) is 12.9 Å². The van der Waals surface area contributed by atoms with E-state index in [-0.39, 0.29) is 11.7 Å². The first-order valence-electron chi connectivity index (χ1n) is 7.40. The Balaban J connectivity index is 2.56. The molecule has 4 nitrogen and oxygen atoms in total. The lowest BCUT2D eigenvalue weighted by atomic mass is 10.0. The number of benzene rings is 1. The Bertz CT molecular complexity index is 529. The second-order valence-electron chi connectivity index (χ2n) is 5.81. The molecule has 1 aromatic carbocycles. The van der Waals surface area contributed by atoms with Crippen LogP contribution < -0.4 is 5.32 Å². The molecule has 0 fully saturated rings. The second-order valence-corrected chi connectivity index (χ2v) is 6.86. The van der Waals surface area contributed by atoms with Gasteiger partial charge in [-0.15, -0.1) is 11.8 Å². The Morgan fingerprint density at radius 1 is 1.23 bits per heavy atom. The third-order valence-electron chi connectivity index (χ3n) is 3.38. The van der Waals surface area contributed by atoms with Gasteiger partial charge in [0, 0.05) is 4.90 Å². The van der Waals surface area contributed by atoms with Gasteiger partial charge >= 0.3 is 5.97 Å². The van der Waals surface area contributed by atoms with Gasteiger partial charge < -0.3 is 10.1 Å². The van der Waals surface area contributed by atoms with Crippen LogP contribution in [0.3, 0.4) is 0 Å². The SMILES string of the molecule is COC(=O)[C@@H](CC(C)C)NC(=O)CSc1ccc(C)c(C)c1. The Hall–Kier alpha value is -1.49. The van der Waals surface area contributed by atoms with Crippen LogP contribution in [-0.4, -0.2) is 30.8 Å². The summed E-state index contributed by atoms with van der Waals surface area (Å²) < 4.78 is 4.75. The van der Waals surface area contributed by atoms with Crippen molar-refractivity contribution in [3.8, 4) is 0 Å². The van der Waals surface area contributed by atoms with Crippen molar-refractivity contribution in [3.05, 3.63) is 29.3 Å². The fourth-order valence-corrected chi connectivity index (χ4v) is 2.82. The topological polar surface area (TPSA) is 55.4 Å². The highest BCUT2D eigenvalue weighted by Gasteiger charge is 2.22. The highest BCUT2D eigenvalue weighted by molar-refractivity contribution is 8.00. The third kappa shape index (κ3) is 6.10. The molecule has 0 unspecified atom stereocenters. The Labute approximate surface area is 137 Å². The van der Waals surface area contributed by atoms with Crippen molar-refractivity contribution in [2.45, 2.75) is 45.1 Å². The van der Waals surface area contributed by atoms with E-state index in [1.54, 1.807) is 0 Å². The third-order valence-corrected chi connectivity index (χ3v) is 4.37. The summed E-state index contributed by atoms with van der Waals surface area (Å²) in [4.78, 5) is 24.8. The van der Waals surface area contributed by atoms with E-state index in [1.807, 2.05) is 26.0 Å². The first-order valence-corrected chi connectivity index (χ1v) is 8.39. The normalized spacial score (nSPS) is 12.1. The number of amides is 1. The average molecular weight is 323 g/mol. The van der Waals surface area contributed by atoms with Crippen molar-refractivity contribution < 1.29 is 14.3 Å². The van der Waals surface area contributed by atoms with E-state index in [4.69, 9.17) is 4.74 Å². The fraction of sp³-hybridized carbons (Fsp3) is 0.529. The molecule has 1 aromatic rings. The molecule has 0 saturated heterocycles. The summed E-state index contributed by atoms with van der Waals surface area (Å²) >= 11 is 1.47. The van der Waals surface area contributed by atoms with Crippen molar-refractivity contribution in [1.29, 1.82) is 0 Å². The van der Waals surface area contributed by atoms with Gasteiger partial charge in [-0.05, 0) is 49.4 Å². The maximum atomic E-state index is 12.0. The number of carbonyl (C=O) groups is 2. The smallest absolute Gasteiger partial charge is 0.328 e. The molecule has 0 spiro atoms. The molecule has 5 heteroatoms. The molecule has 0 saturated carbocycles. The molecule has 0 aliphatic carbocycles. The molecule has 0 aromatic heterocycles. The van der Waals surface area contributed by atoms with Gasteiger partial charge in [0.25, 0.3) is 0 Å². The fourth-order valence-electron chi connectivity index (χ4n) is 2.02.